The number of rotatable bonds is 1. The summed E-state index contributed by atoms with van der Waals surface area (Å²) in [5.41, 5.74) is 2.09. The maximum atomic E-state index is 4.39. The van der Waals surface area contributed by atoms with E-state index in [0.29, 0.717) is 0 Å². The molecule has 1 aromatic carbocycles. The number of benzene rings is 1. The lowest BCUT2D eigenvalue weighted by Crippen LogP contribution is -2.28. The Balaban J connectivity index is 1.98. The monoisotopic (exact) mass is 251 g/mol. The molecule has 3 aromatic rings. The largest absolute Gasteiger partial charge is 0.309 e. The SMILES string of the molecule is c1cc(-c2nnc3n2CCNC3)c2cccnc2c1. The summed E-state index contributed by atoms with van der Waals surface area (Å²) in [6.07, 6.45) is 1.81. The second-order valence-corrected chi connectivity index (χ2v) is 4.64. The van der Waals surface area contributed by atoms with Crippen LogP contribution >= 0.6 is 0 Å². The molecular formula is C14H13N5. The zero-order valence-corrected chi connectivity index (χ0v) is 10.4. The van der Waals surface area contributed by atoms with E-state index >= 15 is 0 Å². The van der Waals surface area contributed by atoms with Crippen molar-refractivity contribution >= 4 is 10.9 Å². The molecular weight excluding hydrogens is 238 g/mol. The van der Waals surface area contributed by atoms with Gasteiger partial charge in [-0.05, 0) is 12.1 Å². The minimum atomic E-state index is 0.788. The maximum absolute atomic E-state index is 4.39. The third-order valence-electron chi connectivity index (χ3n) is 3.51. The van der Waals surface area contributed by atoms with Gasteiger partial charge in [-0.2, -0.15) is 0 Å². The molecule has 4 rings (SSSR count). The van der Waals surface area contributed by atoms with Crippen molar-refractivity contribution in [2.45, 2.75) is 13.1 Å². The summed E-state index contributed by atoms with van der Waals surface area (Å²) in [6.45, 7) is 2.66. The van der Waals surface area contributed by atoms with E-state index < -0.39 is 0 Å². The van der Waals surface area contributed by atoms with Crippen molar-refractivity contribution in [3.05, 3.63) is 42.4 Å². The molecule has 0 saturated heterocycles. The van der Waals surface area contributed by atoms with Crippen LogP contribution in [0.4, 0.5) is 0 Å². The molecule has 5 heteroatoms. The van der Waals surface area contributed by atoms with Gasteiger partial charge in [-0.25, -0.2) is 0 Å². The Kier molecular flexibility index (Phi) is 2.31. The predicted molar refractivity (Wildman–Crippen MR) is 72.5 cm³/mol. The van der Waals surface area contributed by atoms with E-state index in [1.807, 2.05) is 24.4 Å². The molecule has 1 aliphatic rings. The average Bonchev–Trinajstić information content (AvgIpc) is 2.90. The molecule has 0 aliphatic carbocycles. The molecule has 0 saturated carbocycles. The molecule has 0 bridgehead atoms. The number of hydrogen-bond acceptors (Lipinski definition) is 4. The third-order valence-corrected chi connectivity index (χ3v) is 3.51. The first kappa shape index (κ1) is 10.6. The molecule has 1 N–H and O–H groups in total. The summed E-state index contributed by atoms with van der Waals surface area (Å²) in [7, 11) is 0. The van der Waals surface area contributed by atoms with Gasteiger partial charge < -0.3 is 9.88 Å². The van der Waals surface area contributed by atoms with Crippen molar-refractivity contribution in [3.63, 3.8) is 0 Å². The summed E-state index contributed by atoms with van der Waals surface area (Å²) in [5.74, 6) is 1.94. The number of hydrogen-bond donors (Lipinski definition) is 1. The highest BCUT2D eigenvalue weighted by Gasteiger charge is 2.17. The van der Waals surface area contributed by atoms with Crippen molar-refractivity contribution < 1.29 is 0 Å². The van der Waals surface area contributed by atoms with E-state index in [9.17, 15) is 0 Å². The van der Waals surface area contributed by atoms with E-state index in [-0.39, 0.29) is 0 Å². The maximum Gasteiger partial charge on any atom is 0.164 e. The van der Waals surface area contributed by atoms with E-state index in [0.717, 1.165) is 47.7 Å². The van der Waals surface area contributed by atoms with Crippen molar-refractivity contribution in [1.29, 1.82) is 0 Å². The van der Waals surface area contributed by atoms with Crippen LogP contribution in [0.3, 0.4) is 0 Å². The highest BCUT2D eigenvalue weighted by atomic mass is 15.3. The zero-order valence-electron chi connectivity index (χ0n) is 10.4. The Morgan fingerprint density at radius 1 is 1.11 bits per heavy atom. The minimum Gasteiger partial charge on any atom is -0.309 e. The highest BCUT2D eigenvalue weighted by molar-refractivity contribution is 5.92. The van der Waals surface area contributed by atoms with Gasteiger partial charge in [0.1, 0.15) is 5.82 Å². The summed E-state index contributed by atoms with van der Waals surface area (Å²) in [4.78, 5) is 4.39. The Labute approximate surface area is 110 Å². The van der Waals surface area contributed by atoms with Gasteiger partial charge in [0.05, 0.1) is 12.1 Å². The normalized spacial score (nSPS) is 14.5. The molecule has 19 heavy (non-hydrogen) atoms. The Bertz CT molecular complexity index is 741. The Hall–Kier alpha value is -2.27. The third kappa shape index (κ3) is 1.62. The molecule has 5 nitrogen and oxygen atoms in total. The summed E-state index contributed by atoms with van der Waals surface area (Å²) in [5, 5.41) is 13.1. The Morgan fingerprint density at radius 2 is 2.11 bits per heavy atom. The molecule has 0 amide bonds. The molecule has 2 aromatic heterocycles. The van der Waals surface area contributed by atoms with Crippen LogP contribution in [0.5, 0.6) is 0 Å². The molecule has 0 atom stereocenters. The van der Waals surface area contributed by atoms with Gasteiger partial charge >= 0.3 is 0 Å². The van der Waals surface area contributed by atoms with Crippen LogP contribution in [-0.4, -0.2) is 26.3 Å². The van der Waals surface area contributed by atoms with E-state index in [2.05, 4.69) is 37.2 Å². The van der Waals surface area contributed by atoms with Crippen LogP contribution in [0.25, 0.3) is 22.3 Å². The first-order chi connectivity index (χ1) is 9.43. The van der Waals surface area contributed by atoms with Gasteiger partial charge in [-0.15, -0.1) is 10.2 Å². The predicted octanol–water partition coefficient (Wildman–Crippen LogP) is 1.60. The second kappa shape index (κ2) is 4.13. The number of aromatic nitrogens is 4. The average molecular weight is 251 g/mol. The van der Waals surface area contributed by atoms with Crippen molar-refractivity contribution in [1.82, 2.24) is 25.1 Å². The van der Waals surface area contributed by atoms with Crippen molar-refractivity contribution in [3.8, 4) is 11.4 Å². The fourth-order valence-electron chi connectivity index (χ4n) is 2.59. The van der Waals surface area contributed by atoms with Gasteiger partial charge in [0.2, 0.25) is 0 Å². The lowest BCUT2D eigenvalue weighted by molar-refractivity contribution is 0.508. The van der Waals surface area contributed by atoms with Gasteiger partial charge in [0, 0.05) is 30.2 Å². The van der Waals surface area contributed by atoms with Crippen molar-refractivity contribution in [2.75, 3.05) is 6.54 Å². The first-order valence-electron chi connectivity index (χ1n) is 6.40. The highest BCUT2D eigenvalue weighted by Crippen LogP contribution is 2.27. The van der Waals surface area contributed by atoms with Crippen LogP contribution in [0.15, 0.2) is 36.5 Å². The van der Waals surface area contributed by atoms with Gasteiger partial charge in [0.15, 0.2) is 5.82 Å². The molecule has 1 aliphatic heterocycles. The number of nitrogens with one attached hydrogen (secondary N) is 1. The van der Waals surface area contributed by atoms with Gasteiger partial charge in [-0.3, -0.25) is 4.98 Å². The Morgan fingerprint density at radius 3 is 3.11 bits per heavy atom. The van der Waals surface area contributed by atoms with E-state index in [1.165, 1.54) is 0 Å². The molecule has 0 spiro atoms. The number of pyridine rings is 1. The van der Waals surface area contributed by atoms with Crippen LogP contribution in [0, 0.1) is 0 Å². The topological polar surface area (TPSA) is 55.6 Å². The summed E-state index contributed by atoms with van der Waals surface area (Å²) >= 11 is 0. The van der Waals surface area contributed by atoms with Gasteiger partial charge in [-0.1, -0.05) is 18.2 Å². The first-order valence-corrected chi connectivity index (χ1v) is 6.40. The molecule has 94 valence electrons. The van der Waals surface area contributed by atoms with Gasteiger partial charge in [0.25, 0.3) is 0 Å². The fourth-order valence-corrected chi connectivity index (χ4v) is 2.59. The summed E-state index contributed by atoms with van der Waals surface area (Å²) in [6, 6.07) is 10.2. The van der Waals surface area contributed by atoms with Crippen molar-refractivity contribution in [2.24, 2.45) is 0 Å². The molecule has 0 unspecified atom stereocenters. The van der Waals surface area contributed by atoms with Crippen LogP contribution < -0.4 is 5.32 Å². The standard InChI is InChI=1S/C14H13N5/c1-3-11(10-4-2-6-16-12(10)5-1)14-18-17-13-9-15-7-8-19(13)14/h1-6,15H,7-9H2. The summed E-state index contributed by atoms with van der Waals surface area (Å²) < 4.78 is 2.19. The molecule has 0 fully saturated rings. The van der Waals surface area contributed by atoms with E-state index in [4.69, 9.17) is 0 Å². The fraction of sp³-hybridized carbons (Fsp3) is 0.214. The number of fused-ring (bicyclic) bond motifs is 2. The van der Waals surface area contributed by atoms with Crippen LogP contribution in [-0.2, 0) is 13.1 Å². The lowest BCUT2D eigenvalue weighted by atomic mass is 10.1. The molecule has 0 radical (unpaired) electrons. The quantitative estimate of drug-likeness (QED) is 0.713. The lowest BCUT2D eigenvalue weighted by Gasteiger charge is -2.16. The number of nitrogens with zero attached hydrogens (tertiary/aromatic N) is 4. The van der Waals surface area contributed by atoms with E-state index in [1.54, 1.807) is 0 Å². The molecule has 3 heterocycles. The zero-order chi connectivity index (χ0) is 12.7. The van der Waals surface area contributed by atoms with Crippen LogP contribution in [0.2, 0.25) is 0 Å². The van der Waals surface area contributed by atoms with Crippen LogP contribution in [0.1, 0.15) is 5.82 Å². The second-order valence-electron chi connectivity index (χ2n) is 4.64. The minimum absolute atomic E-state index is 0.788. The smallest absolute Gasteiger partial charge is 0.164 e.